The number of benzene rings is 1. The van der Waals surface area contributed by atoms with Crippen LogP contribution in [0.3, 0.4) is 0 Å². The zero-order valence-corrected chi connectivity index (χ0v) is 12.6. The number of nitrogens with one attached hydrogen (secondary N) is 1. The van der Waals surface area contributed by atoms with Gasteiger partial charge in [-0.25, -0.2) is 4.98 Å². The first-order chi connectivity index (χ1) is 9.67. The van der Waals surface area contributed by atoms with E-state index in [0.717, 1.165) is 18.1 Å². The largest absolute Gasteiger partial charge is 0.496 e. The van der Waals surface area contributed by atoms with Crippen LogP contribution >= 0.6 is 0 Å². The highest BCUT2D eigenvalue weighted by molar-refractivity contribution is 5.35. The normalized spacial score (nSPS) is 12.7. The van der Waals surface area contributed by atoms with E-state index < -0.39 is 0 Å². The second-order valence-electron chi connectivity index (χ2n) is 5.18. The highest BCUT2D eigenvalue weighted by Gasteiger charge is 2.16. The van der Waals surface area contributed by atoms with Gasteiger partial charge in [0.25, 0.3) is 0 Å². The lowest BCUT2D eigenvalue weighted by molar-refractivity contribution is 0.393. The van der Waals surface area contributed by atoms with Gasteiger partial charge in [-0.3, -0.25) is 0 Å². The van der Waals surface area contributed by atoms with Crippen molar-refractivity contribution in [3.05, 3.63) is 48.0 Å². The van der Waals surface area contributed by atoms with Gasteiger partial charge in [0.05, 0.1) is 13.2 Å². The summed E-state index contributed by atoms with van der Waals surface area (Å²) in [4.78, 5) is 4.44. The minimum absolute atomic E-state index is 0.192. The number of ether oxygens (including phenoxy) is 1. The van der Waals surface area contributed by atoms with Crippen LogP contribution in [0.25, 0.3) is 0 Å². The Morgan fingerprint density at radius 1 is 1.30 bits per heavy atom. The molecule has 0 amide bonds. The number of para-hydroxylation sites is 1. The highest BCUT2D eigenvalue weighted by atomic mass is 16.5. The molecule has 1 aromatic heterocycles. The van der Waals surface area contributed by atoms with Crippen molar-refractivity contribution in [3.63, 3.8) is 0 Å². The molecule has 1 unspecified atom stereocenters. The van der Waals surface area contributed by atoms with Crippen molar-refractivity contribution in [1.29, 1.82) is 0 Å². The Morgan fingerprint density at radius 2 is 2.05 bits per heavy atom. The number of methoxy groups -OCH3 is 1. The zero-order chi connectivity index (χ0) is 14.5. The van der Waals surface area contributed by atoms with E-state index in [1.165, 1.54) is 5.56 Å². The summed E-state index contributed by atoms with van der Waals surface area (Å²) >= 11 is 0. The van der Waals surface area contributed by atoms with Gasteiger partial charge >= 0.3 is 0 Å². The molecule has 108 valence electrons. The summed E-state index contributed by atoms with van der Waals surface area (Å²) in [5, 5.41) is 3.37. The maximum Gasteiger partial charge on any atom is 0.123 e. The van der Waals surface area contributed by atoms with E-state index in [0.29, 0.717) is 5.92 Å². The Kier molecular flexibility index (Phi) is 4.79. The molecule has 0 aliphatic carbocycles. The number of aromatic nitrogens is 2. The number of likely N-dealkylation sites (N-methyl/N-ethyl adjacent to an activating group) is 1. The molecule has 0 bridgehead atoms. The number of hydrogen-bond acceptors (Lipinski definition) is 3. The predicted molar refractivity (Wildman–Crippen MR) is 81.1 cm³/mol. The summed E-state index contributed by atoms with van der Waals surface area (Å²) in [6.07, 6.45) is 3.90. The second kappa shape index (κ2) is 6.57. The van der Waals surface area contributed by atoms with Crippen molar-refractivity contribution in [2.24, 2.45) is 0 Å². The van der Waals surface area contributed by atoms with Crippen LogP contribution in [0.15, 0.2) is 36.7 Å². The van der Waals surface area contributed by atoms with E-state index in [-0.39, 0.29) is 6.04 Å². The molecular weight excluding hydrogens is 250 g/mol. The van der Waals surface area contributed by atoms with Crippen LogP contribution in [0.1, 0.15) is 37.2 Å². The molecule has 0 aliphatic heterocycles. The number of imidazole rings is 1. The van der Waals surface area contributed by atoms with Crippen LogP contribution in [-0.4, -0.2) is 23.7 Å². The number of nitrogens with zero attached hydrogens (tertiary/aromatic N) is 2. The van der Waals surface area contributed by atoms with Crippen LogP contribution in [0.4, 0.5) is 0 Å². The van der Waals surface area contributed by atoms with Crippen LogP contribution in [-0.2, 0) is 6.54 Å². The molecule has 0 spiro atoms. The summed E-state index contributed by atoms with van der Waals surface area (Å²) in [5.41, 5.74) is 1.17. The molecular formula is C16H23N3O. The minimum atomic E-state index is 0.192. The van der Waals surface area contributed by atoms with Gasteiger partial charge in [-0.05, 0) is 13.1 Å². The summed E-state index contributed by atoms with van der Waals surface area (Å²) in [6, 6.07) is 8.33. The third-order valence-corrected chi connectivity index (χ3v) is 3.51. The van der Waals surface area contributed by atoms with Gasteiger partial charge < -0.3 is 14.6 Å². The average Bonchev–Trinajstić information content (AvgIpc) is 2.93. The monoisotopic (exact) mass is 273 g/mol. The van der Waals surface area contributed by atoms with Gasteiger partial charge in [0, 0.05) is 30.4 Å². The van der Waals surface area contributed by atoms with Gasteiger partial charge in [-0.1, -0.05) is 32.0 Å². The Balaban J connectivity index is 2.27. The first-order valence-corrected chi connectivity index (χ1v) is 6.98. The molecule has 4 heteroatoms. The summed E-state index contributed by atoms with van der Waals surface area (Å²) in [5.74, 6) is 2.44. The molecule has 0 fully saturated rings. The van der Waals surface area contributed by atoms with Crippen molar-refractivity contribution in [1.82, 2.24) is 14.9 Å². The van der Waals surface area contributed by atoms with Crippen LogP contribution in [0, 0.1) is 0 Å². The van der Waals surface area contributed by atoms with E-state index in [1.54, 1.807) is 7.11 Å². The van der Waals surface area contributed by atoms with Gasteiger partial charge in [0.1, 0.15) is 11.6 Å². The van der Waals surface area contributed by atoms with E-state index >= 15 is 0 Å². The Labute approximate surface area is 120 Å². The molecule has 2 aromatic rings. The fraction of sp³-hybridized carbons (Fsp3) is 0.438. The van der Waals surface area contributed by atoms with Crippen LogP contribution in [0.2, 0.25) is 0 Å². The van der Waals surface area contributed by atoms with Gasteiger partial charge in [-0.15, -0.1) is 0 Å². The Hall–Kier alpha value is -1.81. The maximum atomic E-state index is 5.46. The van der Waals surface area contributed by atoms with Crippen molar-refractivity contribution in [2.75, 3.05) is 14.2 Å². The van der Waals surface area contributed by atoms with Gasteiger partial charge in [-0.2, -0.15) is 0 Å². The molecule has 0 saturated heterocycles. The molecule has 1 aromatic carbocycles. The van der Waals surface area contributed by atoms with Gasteiger partial charge in [0.15, 0.2) is 0 Å². The van der Waals surface area contributed by atoms with Crippen molar-refractivity contribution >= 4 is 0 Å². The third-order valence-electron chi connectivity index (χ3n) is 3.51. The first kappa shape index (κ1) is 14.6. The molecule has 1 atom stereocenters. The lowest BCUT2D eigenvalue weighted by Crippen LogP contribution is -2.23. The molecule has 20 heavy (non-hydrogen) atoms. The molecule has 4 nitrogen and oxygen atoms in total. The van der Waals surface area contributed by atoms with Crippen LogP contribution in [0.5, 0.6) is 5.75 Å². The predicted octanol–water partition coefficient (Wildman–Crippen LogP) is 2.98. The third kappa shape index (κ3) is 3.02. The van der Waals surface area contributed by atoms with Gasteiger partial charge in [0.2, 0.25) is 0 Å². The van der Waals surface area contributed by atoms with E-state index in [1.807, 2.05) is 37.6 Å². The Morgan fingerprint density at radius 3 is 2.70 bits per heavy atom. The van der Waals surface area contributed by atoms with Crippen LogP contribution < -0.4 is 10.1 Å². The lowest BCUT2D eigenvalue weighted by atomic mass is 10.1. The molecule has 1 N–H and O–H groups in total. The molecule has 1 heterocycles. The SMILES string of the molecule is CNC(Cn1ccnc1C(C)C)c1ccccc1OC. The van der Waals surface area contributed by atoms with Crippen molar-refractivity contribution < 1.29 is 4.74 Å². The summed E-state index contributed by atoms with van der Waals surface area (Å²) < 4.78 is 7.67. The Bertz CT molecular complexity index is 548. The molecule has 2 rings (SSSR count). The summed E-state index contributed by atoms with van der Waals surface area (Å²) in [6.45, 7) is 5.16. The molecule has 0 saturated carbocycles. The van der Waals surface area contributed by atoms with E-state index in [9.17, 15) is 0 Å². The quantitative estimate of drug-likeness (QED) is 0.879. The lowest BCUT2D eigenvalue weighted by Gasteiger charge is -2.21. The van der Waals surface area contributed by atoms with E-state index in [4.69, 9.17) is 4.74 Å². The highest BCUT2D eigenvalue weighted by Crippen LogP contribution is 2.26. The molecule has 0 aliphatic rings. The average molecular weight is 273 g/mol. The van der Waals surface area contributed by atoms with Crippen molar-refractivity contribution in [2.45, 2.75) is 32.4 Å². The number of rotatable bonds is 6. The standard InChI is InChI=1S/C16H23N3O/c1-12(2)16-18-9-10-19(16)11-14(17-3)13-7-5-6-8-15(13)20-4/h5-10,12,14,17H,11H2,1-4H3. The fourth-order valence-corrected chi connectivity index (χ4v) is 2.47. The zero-order valence-electron chi connectivity index (χ0n) is 12.6. The second-order valence-corrected chi connectivity index (χ2v) is 5.18. The topological polar surface area (TPSA) is 39.1 Å². The molecule has 0 radical (unpaired) electrons. The van der Waals surface area contributed by atoms with Crippen molar-refractivity contribution in [3.8, 4) is 5.75 Å². The fourth-order valence-electron chi connectivity index (χ4n) is 2.47. The maximum absolute atomic E-state index is 5.46. The number of hydrogen-bond donors (Lipinski definition) is 1. The smallest absolute Gasteiger partial charge is 0.123 e. The summed E-state index contributed by atoms with van der Waals surface area (Å²) in [7, 11) is 3.69. The minimum Gasteiger partial charge on any atom is -0.496 e. The van der Waals surface area contributed by atoms with E-state index in [2.05, 4.69) is 34.8 Å². The first-order valence-electron chi connectivity index (χ1n) is 6.98.